The summed E-state index contributed by atoms with van der Waals surface area (Å²) in [5.41, 5.74) is -1.52. The number of nitrogens with zero attached hydrogens (tertiary/aromatic N) is 2. The molecule has 1 aromatic carbocycles. The number of carbonyl (C=O) groups is 2. The Bertz CT molecular complexity index is 1210. The first kappa shape index (κ1) is 24.8. The third kappa shape index (κ3) is 5.21. The number of pyridine rings is 1. The third-order valence-electron chi connectivity index (χ3n) is 5.06. The lowest BCUT2D eigenvalue weighted by molar-refractivity contribution is 0.0926. The summed E-state index contributed by atoms with van der Waals surface area (Å²) in [5.74, 6) is -2.37. The van der Waals surface area contributed by atoms with Crippen LogP contribution in [0.2, 0.25) is 0 Å². The third-order valence-corrected chi connectivity index (χ3v) is 5.06. The van der Waals surface area contributed by atoms with E-state index in [1.807, 2.05) is 5.32 Å². The van der Waals surface area contributed by atoms with Gasteiger partial charge in [-0.05, 0) is 32.0 Å². The van der Waals surface area contributed by atoms with E-state index in [0.717, 1.165) is 12.1 Å². The van der Waals surface area contributed by atoms with Crippen molar-refractivity contribution in [3.05, 3.63) is 64.6 Å². The first-order valence-electron chi connectivity index (χ1n) is 10.1. The minimum Gasteiger partial charge on any atom is -0.485 e. The molecule has 3 N–H and O–H groups in total. The van der Waals surface area contributed by atoms with E-state index in [1.54, 1.807) is 0 Å². The van der Waals surface area contributed by atoms with Crippen LogP contribution in [-0.4, -0.2) is 45.2 Å². The van der Waals surface area contributed by atoms with Crippen LogP contribution in [0.25, 0.3) is 5.65 Å². The van der Waals surface area contributed by atoms with Crippen LogP contribution >= 0.6 is 0 Å². The van der Waals surface area contributed by atoms with Gasteiger partial charge in [-0.2, -0.15) is 0 Å². The molecule has 2 heterocycles. The average Bonchev–Trinajstić information content (AvgIpc) is 3.12. The molecule has 0 saturated heterocycles. The Kier molecular flexibility index (Phi) is 7.28. The maximum atomic E-state index is 14.0. The molecule has 0 bridgehead atoms. The zero-order chi connectivity index (χ0) is 25.0. The molecule has 0 radical (unpaired) electrons. The highest BCUT2D eigenvalue weighted by atomic mass is 19.1. The first-order chi connectivity index (χ1) is 16.1. The number of aromatic nitrogens is 2. The molecule has 12 heteroatoms. The highest BCUT2D eigenvalue weighted by molar-refractivity contribution is 5.95. The van der Waals surface area contributed by atoms with E-state index in [0.29, 0.717) is 0 Å². The van der Waals surface area contributed by atoms with Crippen LogP contribution in [0.15, 0.2) is 30.5 Å². The van der Waals surface area contributed by atoms with E-state index in [1.165, 1.54) is 36.6 Å². The molecular formula is C22H22F4N4O4. The number of hydrogen-bond donors (Lipinski definition) is 3. The van der Waals surface area contributed by atoms with E-state index in [-0.39, 0.29) is 40.5 Å². The van der Waals surface area contributed by atoms with Crippen molar-refractivity contribution in [2.24, 2.45) is 0 Å². The average molecular weight is 482 g/mol. The fourth-order valence-corrected chi connectivity index (χ4v) is 3.30. The topological polar surface area (TPSA) is 105 Å². The number of carboxylic acid groups (broad SMARTS) is 1. The van der Waals surface area contributed by atoms with Crippen LogP contribution in [-0.2, 0) is 13.3 Å². The van der Waals surface area contributed by atoms with Crippen LogP contribution in [0.5, 0.6) is 5.75 Å². The Morgan fingerprint density at radius 3 is 2.50 bits per heavy atom. The number of rotatable bonds is 9. The van der Waals surface area contributed by atoms with Gasteiger partial charge < -0.3 is 20.5 Å². The van der Waals surface area contributed by atoms with E-state index < -0.39 is 49.1 Å². The molecule has 3 rings (SSSR count). The molecule has 8 nitrogen and oxygen atoms in total. The molecule has 0 spiro atoms. The highest BCUT2D eigenvalue weighted by Crippen LogP contribution is 2.26. The van der Waals surface area contributed by atoms with Gasteiger partial charge in [0.25, 0.3) is 5.91 Å². The molecule has 34 heavy (non-hydrogen) atoms. The van der Waals surface area contributed by atoms with Gasteiger partial charge in [0.15, 0.2) is 11.4 Å². The van der Waals surface area contributed by atoms with Crippen molar-refractivity contribution in [1.29, 1.82) is 0 Å². The summed E-state index contributed by atoms with van der Waals surface area (Å²) in [6, 6.07) is 4.65. The maximum absolute atomic E-state index is 14.0. The van der Waals surface area contributed by atoms with Gasteiger partial charge in [0.2, 0.25) is 0 Å². The van der Waals surface area contributed by atoms with E-state index in [4.69, 9.17) is 9.84 Å². The molecule has 1 atom stereocenters. The summed E-state index contributed by atoms with van der Waals surface area (Å²) < 4.78 is 61.6. The van der Waals surface area contributed by atoms with Crippen molar-refractivity contribution in [3.8, 4) is 5.75 Å². The van der Waals surface area contributed by atoms with Crippen molar-refractivity contribution in [1.82, 2.24) is 20.0 Å². The second kappa shape index (κ2) is 9.98. The lowest BCUT2D eigenvalue weighted by Crippen LogP contribution is -2.55. The summed E-state index contributed by atoms with van der Waals surface area (Å²) in [5, 5.41) is 13.3. The summed E-state index contributed by atoms with van der Waals surface area (Å²) in [4.78, 5) is 28.0. The minimum atomic E-state index is -1.57. The SMILES string of the molecule is Cc1nc2c(OCc3c(F)cccc3F)cc(CF)cn2c1C(=O)NCC(C)(CF)NC(=O)O. The monoisotopic (exact) mass is 482 g/mol. The molecule has 0 saturated carbocycles. The Balaban J connectivity index is 1.93. The van der Waals surface area contributed by atoms with Crippen LogP contribution in [0, 0.1) is 18.6 Å². The van der Waals surface area contributed by atoms with E-state index in [2.05, 4.69) is 10.3 Å². The van der Waals surface area contributed by atoms with Gasteiger partial charge in [-0.3, -0.25) is 9.20 Å². The van der Waals surface area contributed by atoms with Gasteiger partial charge in [0, 0.05) is 18.3 Å². The molecule has 2 aromatic heterocycles. The number of imidazole rings is 1. The van der Waals surface area contributed by atoms with Crippen LogP contribution in [0.1, 0.15) is 34.2 Å². The summed E-state index contributed by atoms with van der Waals surface area (Å²) in [6.45, 7) is -0.116. The van der Waals surface area contributed by atoms with Gasteiger partial charge in [-0.25, -0.2) is 27.3 Å². The Morgan fingerprint density at radius 1 is 1.24 bits per heavy atom. The fraction of sp³-hybridized carbons (Fsp3) is 0.318. The number of nitrogens with one attached hydrogen (secondary N) is 2. The van der Waals surface area contributed by atoms with Crippen LogP contribution < -0.4 is 15.4 Å². The number of aryl methyl sites for hydroxylation is 1. The van der Waals surface area contributed by atoms with Crippen LogP contribution in [0.3, 0.4) is 0 Å². The van der Waals surface area contributed by atoms with Gasteiger partial charge in [-0.15, -0.1) is 0 Å². The first-order valence-corrected chi connectivity index (χ1v) is 10.1. The molecule has 182 valence electrons. The van der Waals surface area contributed by atoms with Crippen LogP contribution in [0.4, 0.5) is 22.4 Å². The number of ether oxygens (including phenoxy) is 1. The second-order valence-electron chi connectivity index (χ2n) is 7.88. The van der Waals surface area contributed by atoms with E-state index >= 15 is 0 Å². The van der Waals surface area contributed by atoms with Gasteiger partial charge in [0.05, 0.1) is 16.8 Å². The number of alkyl halides is 2. The van der Waals surface area contributed by atoms with Crippen molar-refractivity contribution < 1.29 is 37.0 Å². The Labute approximate surface area is 191 Å². The molecule has 0 aliphatic rings. The van der Waals surface area contributed by atoms with Crippen molar-refractivity contribution in [2.75, 3.05) is 13.2 Å². The number of carbonyl (C=O) groups excluding carboxylic acids is 1. The Hall–Kier alpha value is -3.83. The predicted octanol–water partition coefficient (Wildman–Crippen LogP) is 3.70. The number of benzene rings is 1. The van der Waals surface area contributed by atoms with Gasteiger partial charge in [-0.1, -0.05) is 6.07 Å². The highest BCUT2D eigenvalue weighted by Gasteiger charge is 2.29. The standard InChI is InChI=1S/C22H22F4N4O4/c1-12-18(20(31)27-11-22(2,10-24)29-21(32)33)30-8-13(7-23)6-17(19(30)28-12)34-9-14-15(25)4-3-5-16(14)26/h3-6,8,29H,7,9-11H2,1-2H3,(H,27,31)(H,32,33). The van der Waals surface area contributed by atoms with Gasteiger partial charge >= 0.3 is 6.09 Å². The quantitative estimate of drug-likeness (QED) is 0.404. The molecule has 2 amide bonds. The summed E-state index contributed by atoms with van der Waals surface area (Å²) in [7, 11) is 0. The zero-order valence-electron chi connectivity index (χ0n) is 18.3. The van der Waals surface area contributed by atoms with Gasteiger partial charge in [0.1, 0.15) is 37.3 Å². The Morgan fingerprint density at radius 2 is 1.91 bits per heavy atom. The zero-order valence-corrected chi connectivity index (χ0v) is 18.3. The van der Waals surface area contributed by atoms with Crippen molar-refractivity contribution >= 4 is 17.6 Å². The summed E-state index contributed by atoms with van der Waals surface area (Å²) >= 11 is 0. The van der Waals surface area contributed by atoms with Crippen molar-refractivity contribution in [3.63, 3.8) is 0 Å². The number of halogens is 4. The molecule has 0 aliphatic heterocycles. The van der Waals surface area contributed by atoms with Crippen molar-refractivity contribution in [2.45, 2.75) is 32.7 Å². The molecule has 0 fully saturated rings. The lowest BCUT2D eigenvalue weighted by Gasteiger charge is -2.26. The number of fused-ring (bicyclic) bond motifs is 1. The normalized spacial score (nSPS) is 12.9. The maximum Gasteiger partial charge on any atom is 0.405 e. The largest absolute Gasteiger partial charge is 0.485 e. The molecule has 0 aliphatic carbocycles. The smallest absolute Gasteiger partial charge is 0.405 e. The minimum absolute atomic E-state index is 0.0129. The molecule has 1 unspecified atom stereocenters. The number of amides is 2. The molecular weight excluding hydrogens is 460 g/mol. The second-order valence-corrected chi connectivity index (χ2v) is 7.88. The van der Waals surface area contributed by atoms with E-state index in [9.17, 15) is 27.2 Å². The fourth-order valence-electron chi connectivity index (χ4n) is 3.30. The lowest BCUT2D eigenvalue weighted by atomic mass is 10.1. The molecule has 3 aromatic rings. The predicted molar refractivity (Wildman–Crippen MR) is 113 cm³/mol. The summed E-state index contributed by atoms with van der Waals surface area (Å²) in [6.07, 6.45) is -0.147. The number of hydrogen-bond acceptors (Lipinski definition) is 4.